The van der Waals surface area contributed by atoms with Crippen molar-refractivity contribution in [3.8, 4) is 11.5 Å². The minimum absolute atomic E-state index is 0.0752. The summed E-state index contributed by atoms with van der Waals surface area (Å²) in [5, 5.41) is 19.3. The number of ether oxygens (including phenoxy) is 2. The van der Waals surface area contributed by atoms with Crippen LogP contribution in [-0.4, -0.2) is 29.7 Å². The fourth-order valence-electron chi connectivity index (χ4n) is 1.51. The van der Waals surface area contributed by atoms with E-state index in [0.717, 1.165) is 0 Å². The first-order chi connectivity index (χ1) is 9.47. The molecule has 0 unspecified atom stereocenters. The summed E-state index contributed by atoms with van der Waals surface area (Å²) in [5.74, 6) is -0.511. The van der Waals surface area contributed by atoms with Gasteiger partial charge in [-0.1, -0.05) is 13.0 Å². The Morgan fingerprint density at radius 2 is 2.15 bits per heavy atom. The molecule has 1 aromatic rings. The van der Waals surface area contributed by atoms with Crippen LogP contribution in [0.5, 0.6) is 11.5 Å². The molecule has 0 fully saturated rings. The van der Waals surface area contributed by atoms with E-state index in [1.165, 1.54) is 19.3 Å². The van der Waals surface area contributed by atoms with E-state index in [4.69, 9.17) is 14.6 Å². The van der Waals surface area contributed by atoms with E-state index in [1.54, 1.807) is 19.1 Å². The van der Waals surface area contributed by atoms with Crippen molar-refractivity contribution in [2.75, 3.05) is 13.7 Å². The maximum absolute atomic E-state index is 10.7. The molecule has 0 heterocycles. The highest BCUT2D eigenvalue weighted by atomic mass is 16.6. The largest absolute Gasteiger partial charge is 0.493 e. The third kappa shape index (κ3) is 4.27. The van der Waals surface area contributed by atoms with Gasteiger partial charge in [0.15, 0.2) is 18.1 Å². The van der Waals surface area contributed by atoms with Gasteiger partial charge in [-0.25, -0.2) is 4.79 Å². The third-order valence-electron chi connectivity index (χ3n) is 2.47. The van der Waals surface area contributed by atoms with Gasteiger partial charge in [0, 0.05) is 12.5 Å². The maximum atomic E-state index is 10.7. The highest BCUT2D eigenvalue weighted by Crippen LogP contribution is 2.29. The molecule has 20 heavy (non-hydrogen) atoms. The van der Waals surface area contributed by atoms with Gasteiger partial charge in [0.1, 0.15) is 0 Å². The normalized spacial score (nSPS) is 11.0. The minimum atomic E-state index is -1.10. The molecule has 1 N–H and O–H groups in total. The second-order valence-electron chi connectivity index (χ2n) is 3.84. The lowest BCUT2D eigenvalue weighted by Crippen LogP contribution is -2.10. The van der Waals surface area contributed by atoms with Gasteiger partial charge in [-0.3, -0.25) is 10.1 Å². The number of nitro groups is 1. The summed E-state index contributed by atoms with van der Waals surface area (Å²) >= 11 is 0. The molecule has 7 nitrogen and oxygen atoms in total. The number of benzene rings is 1. The average Bonchev–Trinajstić information content (AvgIpc) is 2.42. The molecular formula is C13H15NO6. The van der Waals surface area contributed by atoms with Crippen molar-refractivity contribution in [2.24, 2.45) is 0 Å². The lowest BCUT2D eigenvalue weighted by atomic mass is 10.1. The van der Waals surface area contributed by atoms with Crippen LogP contribution >= 0.6 is 0 Å². The first-order valence-corrected chi connectivity index (χ1v) is 5.85. The van der Waals surface area contributed by atoms with Crippen molar-refractivity contribution in [1.82, 2.24) is 0 Å². The zero-order valence-corrected chi connectivity index (χ0v) is 11.2. The van der Waals surface area contributed by atoms with Crippen molar-refractivity contribution in [3.63, 3.8) is 0 Å². The van der Waals surface area contributed by atoms with E-state index in [2.05, 4.69) is 0 Å². The maximum Gasteiger partial charge on any atom is 0.341 e. The van der Waals surface area contributed by atoms with Crippen LogP contribution in [0.3, 0.4) is 0 Å². The first-order valence-electron chi connectivity index (χ1n) is 5.85. The van der Waals surface area contributed by atoms with Gasteiger partial charge < -0.3 is 14.6 Å². The quantitative estimate of drug-likeness (QED) is 0.607. The second kappa shape index (κ2) is 7.13. The molecule has 0 aliphatic rings. The molecule has 0 amide bonds. The molecule has 1 aromatic carbocycles. The van der Waals surface area contributed by atoms with Crippen LogP contribution in [0.25, 0.3) is 6.08 Å². The van der Waals surface area contributed by atoms with Crippen LogP contribution in [0.1, 0.15) is 18.9 Å². The molecule has 0 aromatic heterocycles. The molecule has 7 heteroatoms. The van der Waals surface area contributed by atoms with E-state index in [0.29, 0.717) is 17.7 Å². The highest BCUT2D eigenvalue weighted by molar-refractivity contribution is 5.68. The van der Waals surface area contributed by atoms with E-state index in [-0.39, 0.29) is 11.4 Å². The summed E-state index contributed by atoms with van der Waals surface area (Å²) in [7, 11) is 1.41. The van der Waals surface area contributed by atoms with E-state index in [9.17, 15) is 14.9 Å². The lowest BCUT2D eigenvalue weighted by molar-refractivity contribution is -0.425. The Balaban J connectivity index is 3.03. The zero-order valence-electron chi connectivity index (χ0n) is 11.2. The molecule has 0 bridgehead atoms. The van der Waals surface area contributed by atoms with Gasteiger partial charge in [-0.15, -0.1) is 0 Å². The van der Waals surface area contributed by atoms with E-state index < -0.39 is 17.5 Å². The van der Waals surface area contributed by atoms with Crippen molar-refractivity contribution in [2.45, 2.75) is 13.3 Å². The van der Waals surface area contributed by atoms with Gasteiger partial charge >= 0.3 is 5.97 Å². The van der Waals surface area contributed by atoms with Gasteiger partial charge in [-0.05, 0) is 17.7 Å². The number of nitrogens with zero attached hydrogens (tertiary/aromatic N) is 1. The third-order valence-corrected chi connectivity index (χ3v) is 2.47. The fourth-order valence-corrected chi connectivity index (χ4v) is 1.51. The molecule has 0 atom stereocenters. The Morgan fingerprint density at radius 3 is 2.65 bits per heavy atom. The number of carboxylic acid groups (broad SMARTS) is 1. The number of hydrogen-bond donors (Lipinski definition) is 1. The molecule has 108 valence electrons. The molecular weight excluding hydrogens is 266 g/mol. The zero-order chi connectivity index (χ0) is 15.1. The Bertz CT molecular complexity index is 538. The van der Waals surface area contributed by atoms with Crippen LogP contribution in [0, 0.1) is 10.1 Å². The molecule has 0 spiro atoms. The summed E-state index contributed by atoms with van der Waals surface area (Å²) in [5.41, 5.74) is 0.657. The van der Waals surface area contributed by atoms with Crippen molar-refractivity contribution >= 4 is 12.0 Å². The topological polar surface area (TPSA) is 98.9 Å². The summed E-state index contributed by atoms with van der Waals surface area (Å²) < 4.78 is 10.1. The van der Waals surface area contributed by atoms with Crippen LogP contribution in [-0.2, 0) is 4.79 Å². The van der Waals surface area contributed by atoms with Crippen LogP contribution in [0.2, 0.25) is 0 Å². The number of methoxy groups -OCH3 is 1. The predicted molar refractivity (Wildman–Crippen MR) is 71.4 cm³/mol. The molecule has 0 radical (unpaired) electrons. The van der Waals surface area contributed by atoms with E-state index in [1.807, 2.05) is 0 Å². The Labute approximate surface area is 115 Å². The molecule has 1 rings (SSSR count). The standard InChI is InChI=1S/C13H15NO6/c1-3-10(14(17)18)6-9-4-5-11(12(7-9)19-2)20-8-13(15)16/h4-7H,3,8H2,1-2H3,(H,15,16)/b10-6+. The van der Waals surface area contributed by atoms with Gasteiger partial charge in [0.25, 0.3) is 0 Å². The fraction of sp³-hybridized carbons (Fsp3) is 0.308. The first kappa shape index (κ1) is 15.5. The number of carbonyl (C=O) groups is 1. The van der Waals surface area contributed by atoms with Gasteiger partial charge in [0.05, 0.1) is 12.0 Å². The Morgan fingerprint density at radius 1 is 1.45 bits per heavy atom. The number of allylic oxidation sites excluding steroid dienone is 1. The minimum Gasteiger partial charge on any atom is -0.493 e. The van der Waals surface area contributed by atoms with Crippen LogP contribution in [0.15, 0.2) is 23.9 Å². The van der Waals surface area contributed by atoms with Gasteiger partial charge in [-0.2, -0.15) is 0 Å². The Kier molecular flexibility index (Phi) is 5.52. The number of rotatable bonds is 7. The van der Waals surface area contributed by atoms with Crippen molar-refractivity contribution in [3.05, 3.63) is 39.6 Å². The number of hydrogen-bond acceptors (Lipinski definition) is 5. The summed E-state index contributed by atoms with van der Waals surface area (Å²) in [6.45, 7) is 1.21. The molecule has 0 saturated heterocycles. The SMILES string of the molecule is CC/C(=C\c1ccc(OCC(=O)O)c(OC)c1)[N+](=O)[O-]. The number of carboxylic acids is 1. The number of aliphatic carboxylic acids is 1. The van der Waals surface area contributed by atoms with Crippen molar-refractivity contribution in [1.29, 1.82) is 0 Å². The lowest BCUT2D eigenvalue weighted by Gasteiger charge is -2.09. The molecule has 0 saturated carbocycles. The predicted octanol–water partition coefficient (Wildman–Crippen LogP) is 2.19. The monoisotopic (exact) mass is 281 g/mol. The highest BCUT2D eigenvalue weighted by Gasteiger charge is 2.10. The van der Waals surface area contributed by atoms with Crippen molar-refractivity contribution < 1.29 is 24.3 Å². The molecule has 0 aliphatic heterocycles. The van der Waals surface area contributed by atoms with E-state index >= 15 is 0 Å². The van der Waals surface area contributed by atoms with Crippen LogP contribution in [0.4, 0.5) is 0 Å². The van der Waals surface area contributed by atoms with Crippen LogP contribution < -0.4 is 9.47 Å². The summed E-state index contributed by atoms with van der Waals surface area (Å²) in [6.07, 6.45) is 1.73. The smallest absolute Gasteiger partial charge is 0.341 e. The second-order valence-corrected chi connectivity index (χ2v) is 3.84. The van der Waals surface area contributed by atoms with Gasteiger partial charge in [0.2, 0.25) is 5.70 Å². The molecule has 0 aliphatic carbocycles. The summed E-state index contributed by atoms with van der Waals surface area (Å²) in [4.78, 5) is 20.8. The Hall–Kier alpha value is -2.57. The average molecular weight is 281 g/mol. The summed E-state index contributed by atoms with van der Waals surface area (Å²) in [6, 6.07) is 4.66.